The first kappa shape index (κ1) is 10.9. The first-order valence-electron chi connectivity index (χ1n) is 5.44. The Morgan fingerprint density at radius 2 is 2.19 bits per heavy atom. The second kappa shape index (κ2) is 3.77. The van der Waals surface area contributed by atoms with E-state index in [0.29, 0.717) is 5.69 Å². The molecule has 0 saturated carbocycles. The van der Waals surface area contributed by atoms with Gasteiger partial charge in [-0.1, -0.05) is 13.8 Å². The maximum atomic E-state index is 13.6. The third-order valence-electron chi connectivity index (χ3n) is 3.26. The molecule has 1 aromatic rings. The zero-order valence-corrected chi connectivity index (χ0v) is 9.38. The van der Waals surface area contributed by atoms with Crippen LogP contribution in [0.25, 0.3) is 0 Å². The van der Waals surface area contributed by atoms with E-state index in [2.05, 4.69) is 5.32 Å². The van der Waals surface area contributed by atoms with E-state index in [1.807, 2.05) is 13.8 Å². The molecule has 0 radical (unpaired) electrons. The average molecular weight is 222 g/mol. The summed E-state index contributed by atoms with van der Waals surface area (Å²) in [5, 5.41) is 2.62. The lowest BCUT2D eigenvalue weighted by Gasteiger charge is -2.30. The monoisotopic (exact) mass is 222 g/mol. The van der Waals surface area contributed by atoms with E-state index >= 15 is 0 Å². The van der Waals surface area contributed by atoms with Crippen LogP contribution in [0.4, 0.5) is 15.8 Å². The number of hydrogen-bond donors (Lipinski definition) is 2. The summed E-state index contributed by atoms with van der Waals surface area (Å²) in [6, 6.07) is 2.98. The highest BCUT2D eigenvalue weighted by molar-refractivity contribution is 5.97. The predicted molar refractivity (Wildman–Crippen MR) is 61.6 cm³/mol. The van der Waals surface area contributed by atoms with Crippen molar-refractivity contribution in [3.63, 3.8) is 0 Å². The Labute approximate surface area is 93.8 Å². The number of fused-ring (bicyclic) bond motifs is 1. The molecule has 0 saturated heterocycles. The number of benzene rings is 1. The zero-order chi connectivity index (χ0) is 11.9. The molecular formula is C12H15FN2O. The van der Waals surface area contributed by atoms with Crippen LogP contribution in [0, 0.1) is 11.7 Å². The van der Waals surface area contributed by atoms with E-state index < -0.39 is 5.82 Å². The van der Waals surface area contributed by atoms with Crippen LogP contribution >= 0.6 is 0 Å². The summed E-state index contributed by atoms with van der Waals surface area (Å²) >= 11 is 0. The second-order valence-corrected chi connectivity index (χ2v) is 4.26. The lowest BCUT2D eigenvalue weighted by molar-refractivity contribution is -0.120. The Balaban J connectivity index is 2.55. The van der Waals surface area contributed by atoms with Crippen LogP contribution in [0.2, 0.25) is 0 Å². The minimum Gasteiger partial charge on any atom is -0.399 e. The van der Waals surface area contributed by atoms with Crippen molar-refractivity contribution in [2.75, 3.05) is 11.1 Å². The molecule has 1 heterocycles. The van der Waals surface area contributed by atoms with Gasteiger partial charge in [-0.3, -0.25) is 4.79 Å². The van der Waals surface area contributed by atoms with E-state index in [4.69, 9.17) is 5.73 Å². The Morgan fingerprint density at radius 1 is 1.50 bits per heavy atom. The van der Waals surface area contributed by atoms with Gasteiger partial charge >= 0.3 is 0 Å². The Hall–Kier alpha value is -1.58. The summed E-state index contributed by atoms with van der Waals surface area (Å²) in [4.78, 5) is 11.7. The maximum Gasteiger partial charge on any atom is 0.228 e. The van der Waals surface area contributed by atoms with Crippen LogP contribution in [-0.4, -0.2) is 5.91 Å². The van der Waals surface area contributed by atoms with Gasteiger partial charge in [-0.05, 0) is 30.0 Å². The fourth-order valence-electron chi connectivity index (χ4n) is 2.34. The average Bonchev–Trinajstić information content (AvgIpc) is 2.21. The Kier molecular flexibility index (Phi) is 2.58. The largest absolute Gasteiger partial charge is 0.399 e. The highest BCUT2D eigenvalue weighted by atomic mass is 19.1. The van der Waals surface area contributed by atoms with Gasteiger partial charge in [-0.25, -0.2) is 4.39 Å². The van der Waals surface area contributed by atoms with Gasteiger partial charge in [0.25, 0.3) is 0 Å². The Morgan fingerprint density at radius 3 is 2.81 bits per heavy atom. The zero-order valence-electron chi connectivity index (χ0n) is 9.38. The highest BCUT2D eigenvalue weighted by Gasteiger charge is 2.33. The second-order valence-electron chi connectivity index (χ2n) is 4.26. The summed E-state index contributed by atoms with van der Waals surface area (Å²) in [5.41, 5.74) is 7.09. The SMILES string of the molecule is CCC1C(=O)Nc2c(F)cc(N)cc2C1C. The molecule has 2 atom stereocenters. The van der Waals surface area contributed by atoms with E-state index in [1.54, 1.807) is 6.07 Å². The van der Waals surface area contributed by atoms with Crippen LogP contribution in [0.5, 0.6) is 0 Å². The fourth-order valence-corrected chi connectivity index (χ4v) is 2.34. The number of rotatable bonds is 1. The lowest BCUT2D eigenvalue weighted by Crippen LogP contribution is -2.32. The van der Waals surface area contributed by atoms with E-state index in [0.717, 1.165) is 12.0 Å². The molecule has 4 heteroatoms. The molecule has 1 aromatic carbocycles. The maximum absolute atomic E-state index is 13.6. The number of hydrogen-bond acceptors (Lipinski definition) is 2. The fraction of sp³-hybridized carbons (Fsp3) is 0.417. The third kappa shape index (κ3) is 1.54. The summed E-state index contributed by atoms with van der Waals surface area (Å²) in [5.74, 6) is -0.656. The smallest absolute Gasteiger partial charge is 0.228 e. The van der Waals surface area contributed by atoms with Crippen molar-refractivity contribution in [2.45, 2.75) is 26.2 Å². The third-order valence-corrected chi connectivity index (χ3v) is 3.26. The molecule has 1 aliphatic rings. The molecule has 0 bridgehead atoms. The number of carbonyl (C=O) groups excluding carboxylic acids is 1. The molecule has 16 heavy (non-hydrogen) atoms. The summed E-state index contributed by atoms with van der Waals surface area (Å²) in [6.45, 7) is 3.89. The van der Waals surface area contributed by atoms with Crippen LogP contribution in [0.15, 0.2) is 12.1 Å². The minimum atomic E-state index is -0.454. The van der Waals surface area contributed by atoms with Crippen molar-refractivity contribution in [2.24, 2.45) is 5.92 Å². The van der Waals surface area contributed by atoms with Crippen molar-refractivity contribution in [3.05, 3.63) is 23.5 Å². The van der Waals surface area contributed by atoms with Gasteiger partial charge in [0.2, 0.25) is 5.91 Å². The van der Waals surface area contributed by atoms with Gasteiger partial charge in [0.1, 0.15) is 5.82 Å². The molecule has 3 nitrogen and oxygen atoms in total. The lowest BCUT2D eigenvalue weighted by atomic mass is 9.81. The van der Waals surface area contributed by atoms with Crippen LogP contribution in [0.3, 0.4) is 0 Å². The number of halogens is 1. The van der Waals surface area contributed by atoms with E-state index in [-0.39, 0.29) is 23.4 Å². The van der Waals surface area contributed by atoms with Gasteiger partial charge in [-0.15, -0.1) is 0 Å². The van der Waals surface area contributed by atoms with Gasteiger partial charge in [0, 0.05) is 11.6 Å². The summed E-state index contributed by atoms with van der Waals surface area (Å²) in [7, 11) is 0. The minimum absolute atomic E-state index is 0.00625. The number of nitrogens with one attached hydrogen (secondary N) is 1. The molecule has 2 rings (SSSR count). The van der Waals surface area contributed by atoms with Crippen molar-refractivity contribution >= 4 is 17.3 Å². The van der Waals surface area contributed by atoms with Crippen LogP contribution < -0.4 is 11.1 Å². The molecular weight excluding hydrogens is 207 g/mol. The first-order valence-corrected chi connectivity index (χ1v) is 5.44. The van der Waals surface area contributed by atoms with Crippen LogP contribution in [-0.2, 0) is 4.79 Å². The summed E-state index contributed by atoms with van der Waals surface area (Å²) < 4.78 is 13.6. The highest BCUT2D eigenvalue weighted by Crippen LogP contribution is 2.39. The number of amides is 1. The molecule has 86 valence electrons. The van der Waals surface area contributed by atoms with Crippen LogP contribution in [0.1, 0.15) is 31.7 Å². The van der Waals surface area contributed by atoms with Crippen molar-refractivity contribution in [1.29, 1.82) is 0 Å². The number of carbonyl (C=O) groups is 1. The van der Waals surface area contributed by atoms with Gasteiger partial charge in [0.15, 0.2) is 0 Å². The van der Waals surface area contributed by atoms with Crippen molar-refractivity contribution in [1.82, 2.24) is 0 Å². The molecule has 0 spiro atoms. The van der Waals surface area contributed by atoms with Gasteiger partial charge in [0.05, 0.1) is 5.69 Å². The molecule has 1 amide bonds. The van der Waals surface area contributed by atoms with Gasteiger partial charge in [-0.2, -0.15) is 0 Å². The normalized spacial score (nSPS) is 23.8. The topological polar surface area (TPSA) is 55.1 Å². The molecule has 2 unspecified atom stereocenters. The van der Waals surface area contributed by atoms with Gasteiger partial charge < -0.3 is 11.1 Å². The Bertz CT molecular complexity index is 445. The number of nitrogens with two attached hydrogens (primary N) is 1. The molecule has 0 fully saturated rings. The molecule has 0 aromatic heterocycles. The standard InChI is InChI=1S/C12H15FN2O/c1-3-8-6(2)9-4-7(14)5-10(13)11(9)15-12(8)16/h4-6,8H,3,14H2,1-2H3,(H,15,16). The van der Waals surface area contributed by atoms with Crippen molar-refractivity contribution in [3.8, 4) is 0 Å². The molecule has 3 N–H and O–H groups in total. The molecule has 0 aliphatic carbocycles. The number of anilines is 2. The number of nitrogen functional groups attached to an aromatic ring is 1. The first-order chi connectivity index (χ1) is 7.54. The quantitative estimate of drug-likeness (QED) is 0.717. The van der Waals surface area contributed by atoms with Crippen molar-refractivity contribution < 1.29 is 9.18 Å². The molecule has 1 aliphatic heterocycles. The summed E-state index contributed by atoms with van der Waals surface area (Å²) in [6.07, 6.45) is 0.739. The van der Waals surface area contributed by atoms with E-state index in [1.165, 1.54) is 6.07 Å². The van der Waals surface area contributed by atoms with E-state index in [9.17, 15) is 9.18 Å². The predicted octanol–water partition coefficient (Wildman–Crippen LogP) is 2.49.